The number of unbranched alkanes of at least 4 members (excludes halogenated alkanes) is 32. The van der Waals surface area contributed by atoms with Crippen LogP contribution in [-0.2, 0) is 18.4 Å². The van der Waals surface area contributed by atoms with Gasteiger partial charge in [-0.3, -0.25) is 9.36 Å². The molecule has 0 bridgehead atoms. The van der Waals surface area contributed by atoms with E-state index >= 15 is 0 Å². The normalized spacial score (nSPS) is 14.3. The van der Waals surface area contributed by atoms with Gasteiger partial charge in [0.05, 0.1) is 39.9 Å². The molecule has 1 amide bonds. The first-order valence-electron chi connectivity index (χ1n) is 26.9. The van der Waals surface area contributed by atoms with Crippen LogP contribution in [0.3, 0.4) is 0 Å². The molecule has 0 aliphatic carbocycles. The van der Waals surface area contributed by atoms with Crippen molar-refractivity contribution in [2.24, 2.45) is 0 Å². The summed E-state index contributed by atoms with van der Waals surface area (Å²) in [6.45, 7) is 4.65. The van der Waals surface area contributed by atoms with Gasteiger partial charge in [0.2, 0.25) is 5.91 Å². The molecule has 9 heteroatoms. The highest BCUT2D eigenvalue weighted by molar-refractivity contribution is 7.45. The summed E-state index contributed by atoms with van der Waals surface area (Å²) in [5.74, 6) is -0.204. The predicted molar refractivity (Wildman–Crippen MR) is 270 cm³/mol. The maximum absolute atomic E-state index is 12.9. The predicted octanol–water partition coefficient (Wildman–Crippen LogP) is 15.2. The Hall–Kier alpha value is -1.28. The monoisotopic (exact) mass is 909 g/mol. The highest BCUT2D eigenvalue weighted by Gasteiger charge is 2.23. The van der Waals surface area contributed by atoms with Crippen molar-refractivity contribution in [3.63, 3.8) is 0 Å². The van der Waals surface area contributed by atoms with Gasteiger partial charge < -0.3 is 28.8 Å². The van der Waals surface area contributed by atoms with Crippen molar-refractivity contribution in [3.8, 4) is 0 Å². The fourth-order valence-corrected chi connectivity index (χ4v) is 8.55. The SMILES string of the molecule is CCCCCC/C=C\C/C=C\CCCCCCCCCC(=O)NC(COP(=O)([O-])OCC[N+](C)(C)C)C(O)/C=C/CCCCCCCCCCCCCCCCCCCCCCC. The van der Waals surface area contributed by atoms with E-state index in [-0.39, 0.29) is 19.1 Å². The molecule has 0 saturated heterocycles. The van der Waals surface area contributed by atoms with Crippen LogP contribution in [-0.4, -0.2) is 68.5 Å². The Morgan fingerprint density at radius 1 is 0.556 bits per heavy atom. The molecular formula is C54H105N2O6P. The number of hydrogen-bond donors (Lipinski definition) is 2. The van der Waals surface area contributed by atoms with E-state index in [1.807, 2.05) is 27.2 Å². The fraction of sp³-hybridized carbons (Fsp3) is 0.870. The van der Waals surface area contributed by atoms with Crippen LogP contribution in [0.5, 0.6) is 0 Å². The standard InChI is InChI=1S/C54H105N2O6P/c1-6-8-10-12-14-16-18-20-22-24-26-27-28-29-30-31-33-35-37-39-41-43-45-47-53(57)52(51-62-63(59,60)61-50-49-56(3,4)5)55-54(58)48-46-44-42-40-38-36-34-32-25-23-21-19-17-15-13-11-9-7-2/h17,19,23,25,45,47,52-53,57H,6-16,18,20-22,24,26-44,46,48-51H2,1-5H3,(H-,55,58,59,60)/b19-17-,25-23-,47-45+. The Labute approximate surface area is 391 Å². The lowest BCUT2D eigenvalue weighted by Gasteiger charge is -2.29. The summed E-state index contributed by atoms with van der Waals surface area (Å²) in [6.07, 6.45) is 57.7. The number of rotatable bonds is 49. The highest BCUT2D eigenvalue weighted by Crippen LogP contribution is 2.38. The van der Waals surface area contributed by atoms with E-state index in [1.165, 1.54) is 180 Å². The third kappa shape index (κ3) is 48.5. The van der Waals surface area contributed by atoms with E-state index in [4.69, 9.17) is 9.05 Å². The van der Waals surface area contributed by atoms with Gasteiger partial charge in [-0.05, 0) is 51.4 Å². The van der Waals surface area contributed by atoms with Crippen molar-refractivity contribution in [3.05, 3.63) is 36.5 Å². The first kappa shape index (κ1) is 61.7. The molecule has 0 aromatic carbocycles. The number of quaternary nitrogens is 1. The van der Waals surface area contributed by atoms with Gasteiger partial charge in [0.1, 0.15) is 13.2 Å². The fourth-order valence-electron chi connectivity index (χ4n) is 7.83. The largest absolute Gasteiger partial charge is 0.756 e. The summed E-state index contributed by atoms with van der Waals surface area (Å²) in [5.41, 5.74) is 0. The summed E-state index contributed by atoms with van der Waals surface area (Å²) in [5, 5.41) is 13.9. The van der Waals surface area contributed by atoms with Crippen molar-refractivity contribution < 1.29 is 32.9 Å². The molecule has 0 aromatic rings. The number of likely N-dealkylation sites (N-methyl/N-ethyl adjacent to an activating group) is 1. The Morgan fingerprint density at radius 2 is 0.921 bits per heavy atom. The van der Waals surface area contributed by atoms with Crippen LogP contribution in [0.1, 0.15) is 251 Å². The molecule has 0 aliphatic heterocycles. The Morgan fingerprint density at radius 3 is 1.33 bits per heavy atom. The van der Waals surface area contributed by atoms with Gasteiger partial charge in [0, 0.05) is 6.42 Å². The lowest BCUT2D eigenvalue weighted by Crippen LogP contribution is -2.45. The number of carbonyl (C=O) groups is 1. The van der Waals surface area contributed by atoms with E-state index in [0.717, 1.165) is 51.4 Å². The van der Waals surface area contributed by atoms with Crippen LogP contribution >= 0.6 is 7.82 Å². The van der Waals surface area contributed by atoms with Gasteiger partial charge in [-0.2, -0.15) is 0 Å². The molecule has 63 heavy (non-hydrogen) atoms. The number of aliphatic hydroxyl groups excluding tert-OH is 1. The molecule has 3 unspecified atom stereocenters. The van der Waals surface area contributed by atoms with Crippen molar-refractivity contribution in [2.45, 2.75) is 264 Å². The number of hydrogen-bond acceptors (Lipinski definition) is 6. The molecule has 0 spiro atoms. The zero-order valence-corrected chi connectivity index (χ0v) is 43.2. The number of phosphoric ester groups is 1. The lowest BCUT2D eigenvalue weighted by molar-refractivity contribution is -0.870. The van der Waals surface area contributed by atoms with Gasteiger partial charge in [-0.15, -0.1) is 0 Å². The van der Waals surface area contributed by atoms with Crippen molar-refractivity contribution >= 4 is 13.7 Å². The van der Waals surface area contributed by atoms with Crippen LogP contribution < -0.4 is 10.2 Å². The second kappa shape index (κ2) is 45.9. The topological polar surface area (TPSA) is 108 Å². The first-order valence-corrected chi connectivity index (χ1v) is 28.3. The van der Waals surface area contributed by atoms with Crippen LogP contribution in [0, 0.1) is 0 Å². The average molecular weight is 909 g/mol. The van der Waals surface area contributed by atoms with E-state index in [0.29, 0.717) is 17.4 Å². The molecule has 0 radical (unpaired) electrons. The highest BCUT2D eigenvalue weighted by atomic mass is 31.2. The number of carbonyl (C=O) groups excluding carboxylic acids is 1. The van der Waals surface area contributed by atoms with Gasteiger partial charge in [0.15, 0.2) is 0 Å². The zero-order valence-electron chi connectivity index (χ0n) is 42.3. The maximum Gasteiger partial charge on any atom is 0.268 e. The number of phosphoric acid groups is 1. The molecule has 0 heterocycles. The number of amides is 1. The first-order chi connectivity index (χ1) is 30.5. The summed E-state index contributed by atoms with van der Waals surface area (Å²) >= 11 is 0. The molecule has 3 atom stereocenters. The van der Waals surface area contributed by atoms with Gasteiger partial charge >= 0.3 is 0 Å². The number of aliphatic hydroxyl groups is 1. The molecule has 0 aromatic heterocycles. The van der Waals surface area contributed by atoms with Gasteiger partial charge in [-0.25, -0.2) is 0 Å². The molecule has 0 aliphatic rings. The third-order valence-electron chi connectivity index (χ3n) is 12.1. The van der Waals surface area contributed by atoms with Crippen LogP contribution in [0.25, 0.3) is 0 Å². The van der Waals surface area contributed by atoms with E-state index in [9.17, 15) is 19.4 Å². The average Bonchev–Trinajstić information content (AvgIpc) is 3.24. The molecule has 0 saturated carbocycles. The van der Waals surface area contributed by atoms with Crippen LogP contribution in [0.2, 0.25) is 0 Å². The zero-order chi connectivity index (χ0) is 46.4. The Bertz CT molecular complexity index is 1120. The van der Waals surface area contributed by atoms with E-state index in [1.54, 1.807) is 6.08 Å². The molecule has 0 rings (SSSR count). The Balaban J connectivity index is 4.28. The minimum Gasteiger partial charge on any atom is -0.756 e. The number of allylic oxidation sites excluding steroid dienone is 5. The lowest BCUT2D eigenvalue weighted by atomic mass is 10.0. The summed E-state index contributed by atoms with van der Waals surface area (Å²) in [6, 6.07) is -0.890. The second-order valence-corrected chi connectivity index (χ2v) is 21.0. The minimum absolute atomic E-state index is 0.00249. The Kier molecular flexibility index (Phi) is 44.9. The number of nitrogens with one attached hydrogen (secondary N) is 1. The molecule has 0 fully saturated rings. The van der Waals surface area contributed by atoms with Crippen molar-refractivity contribution in [1.29, 1.82) is 0 Å². The van der Waals surface area contributed by atoms with Crippen LogP contribution in [0.4, 0.5) is 0 Å². The maximum atomic E-state index is 12.9. The summed E-state index contributed by atoms with van der Waals surface area (Å²) in [7, 11) is 1.26. The number of nitrogens with zero attached hydrogens (tertiary/aromatic N) is 1. The molecule has 372 valence electrons. The van der Waals surface area contributed by atoms with Crippen LogP contribution in [0.15, 0.2) is 36.5 Å². The van der Waals surface area contributed by atoms with Crippen molar-refractivity contribution in [2.75, 3.05) is 40.9 Å². The molecule has 8 nitrogen and oxygen atoms in total. The second-order valence-electron chi connectivity index (χ2n) is 19.6. The van der Waals surface area contributed by atoms with E-state index < -0.39 is 20.0 Å². The summed E-state index contributed by atoms with van der Waals surface area (Å²) in [4.78, 5) is 25.4. The minimum atomic E-state index is -4.60. The van der Waals surface area contributed by atoms with Gasteiger partial charge in [-0.1, -0.05) is 230 Å². The molecular weight excluding hydrogens is 804 g/mol. The quantitative estimate of drug-likeness (QED) is 0.0272. The van der Waals surface area contributed by atoms with Crippen molar-refractivity contribution in [1.82, 2.24) is 5.32 Å². The smallest absolute Gasteiger partial charge is 0.268 e. The third-order valence-corrected chi connectivity index (χ3v) is 13.1. The van der Waals surface area contributed by atoms with E-state index in [2.05, 4.69) is 43.5 Å². The summed E-state index contributed by atoms with van der Waals surface area (Å²) < 4.78 is 23.3. The molecule has 2 N–H and O–H groups in total. The van der Waals surface area contributed by atoms with Gasteiger partial charge in [0.25, 0.3) is 7.82 Å².